The minimum absolute atomic E-state index is 0.359. The molecule has 80 valence electrons. The zero-order chi connectivity index (χ0) is 10.3. The molecule has 0 amide bonds. The van der Waals surface area contributed by atoms with Crippen molar-refractivity contribution in [2.45, 2.75) is 25.8 Å². The quantitative estimate of drug-likeness (QED) is 0.762. The van der Waals surface area contributed by atoms with Crippen LogP contribution in [-0.2, 0) is 0 Å². The molecule has 2 aliphatic heterocycles. The molecule has 1 atom stereocenters. The van der Waals surface area contributed by atoms with Crippen LogP contribution in [0.25, 0.3) is 0 Å². The second-order valence-electron chi connectivity index (χ2n) is 4.22. The summed E-state index contributed by atoms with van der Waals surface area (Å²) in [5.74, 6) is 1.82. The molecule has 0 spiro atoms. The fraction of sp³-hybridized carbons (Fsp3) is 0.500. The molecule has 0 aromatic heterocycles. The van der Waals surface area contributed by atoms with E-state index in [9.17, 15) is 0 Å². The molecular weight excluding hydrogens is 190 g/mol. The summed E-state index contributed by atoms with van der Waals surface area (Å²) in [6.07, 6.45) is 2.48. The highest BCUT2D eigenvalue weighted by Crippen LogP contribution is 2.38. The van der Waals surface area contributed by atoms with Gasteiger partial charge in [0, 0.05) is 6.04 Å². The summed E-state index contributed by atoms with van der Waals surface area (Å²) >= 11 is 0. The van der Waals surface area contributed by atoms with Crippen LogP contribution < -0.4 is 14.8 Å². The van der Waals surface area contributed by atoms with Gasteiger partial charge in [0.05, 0.1) is 0 Å². The van der Waals surface area contributed by atoms with E-state index < -0.39 is 0 Å². The molecule has 1 saturated heterocycles. The first-order chi connectivity index (χ1) is 7.34. The summed E-state index contributed by atoms with van der Waals surface area (Å²) in [5.41, 5.74) is 2.50. The van der Waals surface area contributed by atoms with Crippen molar-refractivity contribution >= 4 is 0 Å². The van der Waals surface area contributed by atoms with E-state index in [0.29, 0.717) is 12.8 Å². The third kappa shape index (κ3) is 1.47. The number of hydrogen-bond donors (Lipinski definition) is 1. The van der Waals surface area contributed by atoms with Crippen LogP contribution in [0.4, 0.5) is 0 Å². The average Bonchev–Trinajstić information content (AvgIpc) is 2.88. The lowest BCUT2D eigenvalue weighted by Crippen LogP contribution is -2.12. The Morgan fingerprint density at radius 2 is 2.27 bits per heavy atom. The van der Waals surface area contributed by atoms with Gasteiger partial charge in [-0.05, 0) is 43.5 Å². The molecule has 15 heavy (non-hydrogen) atoms. The normalized spacial score (nSPS) is 23.4. The standard InChI is InChI=1S/C12H15NO2/c1-8-5-9(10-3-2-4-13-10)6-11-12(8)15-7-14-11/h5-6,10,13H,2-4,7H2,1H3. The van der Waals surface area contributed by atoms with Gasteiger partial charge in [0.15, 0.2) is 11.5 Å². The highest BCUT2D eigenvalue weighted by atomic mass is 16.7. The fourth-order valence-corrected chi connectivity index (χ4v) is 2.38. The van der Waals surface area contributed by atoms with Crippen LogP contribution in [-0.4, -0.2) is 13.3 Å². The lowest BCUT2D eigenvalue weighted by molar-refractivity contribution is 0.173. The number of aryl methyl sites for hydroxylation is 1. The average molecular weight is 205 g/mol. The van der Waals surface area contributed by atoms with Crippen molar-refractivity contribution < 1.29 is 9.47 Å². The molecule has 1 fully saturated rings. The molecule has 3 nitrogen and oxygen atoms in total. The molecular formula is C12H15NO2. The monoisotopic (exact) mass is 205 g/mol. The Bertz CT molecular complexity index is 383. The first-order valence-electron chi connectivity index (χ1n) is 5.48. The van der Waals surface area contributed by atoms with Crippen LogP contribution in [0, 0.1) is 6.92 Å². The largest absolute Gasteiger partial charge is 0.454 e. The number of nitrogens with one attached hydrogen (secondary N) is 1. The highest BCUT2D eigenvalue weighted by molar-refractivity contribution is 5.51. The second kappa shape index (κ2) is 3.42. The van der Waals surface area contributed by atoms with E-state index in [2.05, 4.69) is 24.4 Å². The van der Waals surface area contributed by atoms with Gasteiger partial charge in [0.25, 0.3) is 0 Å². The van der Waals surface area contributed by atoms with Crippen LogP contribution in [0.3, 0.4) is 0 Å². The molecule has 1 unspecified atom stereocenters. The van der Waals surface area contributed by atoms with Gasteiger partial charge in [-0.2, -0.15) is 0 Å². The number of hydrogen-bond acceptors (Lipinski definition) is 3. The molecule has 1 aromatic carbocycles. The van der Waals surface area contributed by atoms with Gasteiger partial charge in [-0.15, -0.1) is 0 Å². The van der Waals surface area contributed by atoms with Crippen LogP contribution in [0.2, 0.25) is 0 Å². The third-order valence-electron chi connectivity index (χ3n) is 3.14. The Hall–Kier alpha value is -1.22. The van der Waals surface area contributed by atoms with Crippen molar-refractivity contribution in [3.8, 4) is 11.5 Å². The van der Waals surface area contributed by atoms with E-state index in [-0.39, 0.29) is 0 Å². The summed E-state index contributed by atoms with van der Waals surface area (Å²) in [6.45, 7) is 3.56. The summed E-state index contributed by atoms with van der Waals surface area (Å²) in [5, 5.41) is 3.49. The van der Waals surface area contributed by atoms with Crippen molar-refractivity contribution in [3.63, 3.8) is 0 Å². The van der Waals surface area contributed by atoms with Crippen molar-refractivity contribution in [1.29, 1.82) is 0 Å². The maximum Gasteiger partial charge on any atom is 0.231 e. The molecule has 0 saturated carbocycles. The Morgan fingerprint density at radius 3 is 3.07 bits per heavy atom. The summed E-state index contributed by atoms with van der Waals surface area (Å²) in [6, 6.07) is 4.81. The zero-order valence-corrected chi connectivity index (χ0v) is 8.88. The Balaban J connectivity index is 1.99. The lowest BCUT2D eigenvalue weighted by Gasteiger charge is -2.12. The Kier molecular flexibility index (Phi) is 2.06. The topological polar surface area (TPSA) is 30.5 Å². The molecule has 0 radical (unpaired) electrons. The first-order valence-corrected chi connectivity index (χ1v) is 5.48. The maximum atomic E-state index is 5.43. The minimum Gasteiger partial charge on any atom is -0.454 e. The predicted molar refractivity (Wildman–Crippen MR) is 57.3 cm³/mol. The number of fused-ring (bicyclic) bond motifs is 1. The van der Waals surface area contributed by atoms with Gasteiger partial charge in [-0.3, -0.25) is 0 Å². The lowest BCUT2D eigenvalue weighted by atomic mass is 10.0. The van der Waals surface area contributed by atoms with Crippen LogP contribution in [0.1, 0.15) is 30.0 Å². The number of benzene rings is 1. The second-order valence-corrected chi connectivity index (χ2v) is 4.22. The van der Waals surface area contributed by atoms with Crippen molar-refractivity contribution in [3.05, 3.63) is 23.3 Å². The van der Waals surface area contributed by atoms with Crippen LogP contribution in [0.15, 0.2) is 12.1 Å². The summed E-state index contributed by atoms with van der Waals surface area (Å²) in [4.78, 5) is 0. The molecule has 3 rings (SSSR count). The van der Waals surface area contributed by atoms with E-state index in [4.69, 9.17) is 9.47 Å². The molecule has 2 aliphatic rings. The molecule has 2 heterocycles. The van der Waals surface area contributed by atoms with Gasteiger partial charge in [0.2, 0.25) is 6.79 Å². The van der Waals surface area contributed by atoms with E-state index in [0.717, 1.165) is 18.0 Å². The molecule has 0 aliphatic carbocycles. The third-order valence-corrected chi connectivity index (χ3v) is 3.14. The van der Waals surface area contributed by atoms with Gasteiger partial charge in [-0.1, -0.05) is 6.07 Å². The van der Waals surface area contributed by atoms with Crippen LogP contribution >= 0.6 is 0 Å². The molecule has 1 N–H and O–H groups in total. The maximum absolute atomic E-state index is 5.43. The molecule has 3 heteroatoms. The number of ether oxygens (including phenoxy) is 2. The van der Waals surface area contributed by atoms with Crippen LogP contribution in [0.5, 0.6) is 11.5 Å². The molecule has 0 bridgehead atoms. The van der Waals surface area contributed by atoms with Crippen molar-refractivity contribution in [2.75, 3.05) is 13.3 Å². The molecule has 1 aromatic rings. The SMILES string of the molecule is Cc1cc(C2CCCN2)cc2c1OCO2. The summed E-state index contributed by atoms with van der Waals surface area (Å²) in [7, 11) is 0. The predicted octanol–water partition coefficient (Wildman–Crippen LogP) is 2.15. The van der Waals surface area contributed by atoms with E-state index >= 15 is 0 Å². The Morgan fingerprint density at radius 1 is 1.33 bits per heavy atom. The number of rotatable bonds is 1. The van der Waals surface area contributed by atoms with E-state index in [1.807, 2.05) is 0 Å². The van der Waals surface area contributed by atoms with Gasteiger partial charge < -0.3 is 14.8 Å². The zero-order valence-electron chi connectivity index (χ0n) is 8.88. The minimum atomic E-state index is 0.359. The summed E-state index contributed by atoms with van der Waals surface area (Å²) < 4.78 is 10.8. The van der Waals surface area contributed by atoms with E-state index in [1.54, 1.807) is 0 Å². The van der Waals surface area contributed by atoms with Gasteiger partial charge in [-0.25, -0.2) is 0 Å². The van der Waals surface area contributed by atoms with Crippen molar-refractivity contribution in [2.24, 2.45) is 0 Å². The highest BCUT2D eigenvalue weighted by Gasteiger charge is 2.22. The first kappa shape index (κ1) is 9.04. The smallest absolute Gasteiger partial charge is 0.231 e. The van der Waals surface area contributed by atoms with E-state index in [1.165, 1.54) is 24.0 Å². The Labute approximate surface area is 89.4 Å². The van der Waals surface area contributed by atoms with Crippen molar-refractivity contribution in [1.82, 2.24) is 5.32 Å². The fourth-order valence-electron chi connectivity index (χ4n) is 2.38. The van der Waals surface area contributed by atoms with Gasteiger partial charge >= 0.3 is 0 Å². The van der Waals surface area contributed by atoms with Gasteiger partial charge in [0.1, 0.15) is 0 Å².